The third kappa shape index (κ3) is 3.41. The number of nitrogens with zero attached hydrogens (tertiary/aromatic N) is 2. The average Bonchev–Trinajstić information content (AvgIpc) is 3.02. The summed E-state index contributed by atoms with van der Waals surface area (Å²) in [5, 5.41) is 7.34. The standard InChI is InChI=1S/C25H15Cl4FN4O2/c26-12-6-13(27)8-15(7-12)34-22(35)20-19(5-11-3-1-2-4-18(11)30)31-24-32-21-16(9-14(28)10-17(21)29)25(20,33-24)23(34)36/h1-4,6-10,19-20H,5H2,(H2,31,32,33). The molecule has 6 nitrogen and oxygen atoms in total. The molecule has 0 aromatic heterocycles. The highest BCUT2D eigenvalue weighted by Gasteiger charge is 2.67. The van der Waals surface area contributed by atoms with Crippen molar-refractivity contribution in [2.24, 2.45) is 10.9 Å². The van der Waals surface area contributed by atoms with Crippen LogP contribution in [-0.4, -0.2) is 23.8 Å². The Morgan fingerprint density at radius 1 is 0.972 bits per heavy atom. The van der Waals surface area contributed by atoms with Crippen molar-refractivity contribution in [3.8, 4) is 0 Å². The van der Waals surface area contributed by atoms with Gasteiger partial charge in [0, 0.05) is 26.7 Å². The zero-order chi connectivity index (χ0) is 25.4. The van der Waals surface area contributed by atoms with Crippen LogP contribution in [-0.2, 0) is 21.5 Å². The number of amides is 2. The van der Waals surface area contributed by atoms with Crippen molar-refractivity contribution in [2.75, 3.05) is 10.2 Å². The van der Waals surface area contributed by atoms with E-state index < -0.39 is 35.1 Å². The van der Waals surface area contributed by atoms with Crippen LogP contribution in [0.3, 0.4) is 0 Å². The van der Waals surface area contributed by atoms with Gasteiger partial charge < -0.3 is 10.6 Å². The number of fused-ring (bicyclic) bond motifs is 1. The SMILES string of the molecule is O=C1C2C(Cc3ccccc3F)NC3=NC2(C(=O)N1c1cc(Cl)cc(Cl)c1)c1cc(Cl)cc(Cl)c1N3. The van der Waals surface area contributed by atoms with Crippen molar-refractivity contribution in [1.29, 1.82) is 0 Å². The van der Waals surface area contributed by atoms with Crippen LogP contribution in [0.25, 0.3) is 0 Å². The van der Waals surface area contributed by atoms with E-state index in [1.54, 1.807) is 24.3 Å². The maximum Gasteiger partial charge on any atom is 0.267 e. The summed E-state index contributed by atoms with van der Waals surface area (Å²) in [6.07, 6.45) is 0.118. The summed E-state index contributed by atoms with van der Waals surface area (Å²) in [5.74, 6) is -2.34. The minimum atomic E-state index is -1.68. The largest absolute Gasteiger partial charge is 0.352 e. The molecule has 2 amide bonds. The molecule has 3 unspecified atom stereocenters. The minimum Gasteiger partial charge on any atom is -0.352 e. The van der Waals surface area contributed by atoms with E-state index in [9.17, 15) is 14.0 Å². The van der Waals surface area contributed by atoms with Gasteiger partial charge in [-0.15, -0.1) is 0 Å². The average molecular weight is 564 g/mol. The molecule has 3 aliphatic heterocycles. The summed E-state index contributed by atoms with van der Waals surface area (Å²) in [7, 11) is 0. The number of halogens is 5. The van der Waals surface area contributed by atoms with E-state index >= 15 is 0 Å². The number of guanidine groups is 1. The number of aliphatic imine (C=N–C) groups is 1. The topological polar surface area (TPSA) is 73.8 Å². The number of nitrogens with one attached hydrogen (secondary N) is 2. The molecule has 182 valence electrons. The van der Waals surface area contributed by atoms with E-state index in [0.29, 0.717) is 16.8 Å². The lowest BCUT2D eigenvalue weighted by atomic mass is 9.72. The fourth-order valence-corrected chi connectivity index (χ4v) is 6.33. The second kappa shape index (κ2) is 8.35. The molecule has 1 spiro atoms. The van der Waals surface area contributed by atoms with Crippen molar-refractivity contribution in [2.45, 2.75) is 18.0 Å². The number of hydrogen-bond acceptors (Lipinski definition) is 5. The minimum absolute atomic E-state index is 0.118. The van der Waals surface area contributed by atoms with Gasteiger partial charge >= 0.3 is 0 Å². The fourth-order valence-electron chi connectivity index (χ4n) is 5.28. The second-order valence-electron chi connectivity index (χ2n) is 8.79. The van der Waals surface area contributed by atoms with Crippen molar-refractivity contribution >= 4 is 75.6 Å². The summed E-state index contributed by atoms with van der Waals surface area (Å²) < 4.78 is 14.6. The molecule has 1 saturated heterocycles. The normalized spacial score (nSPS) is 24.0. The summed E-state index contributed by atoms with van der Waals surface area (Å²) in [5.41, 5.74) is -0.305. The molecule has 6 rings (SSSR count). The maximum absolute atomic E-state index is 14.6. The lowest BCUT2D eigenvalue weighted by Gasteiger charge is -2.43. The smallest absolute Gasteiger partial charge is 0.267 e. The van der Waals surface area contributed by atoms with Crippen LogP contribution in [0.4, 0.5) is 15.8 Å². The number of anilines is 2. The van der Waals surface area contributed by atoms with E-state index in [1.807, 2.05) is 0 Å². The highest BCUT2D eigenvalue weighted by molar-refractivity contribution is 6.39. The number of imide groups is 1. The first-order valence-electron chi connectivity index (χ1n) is 10.9. The molecule has 2 bridgehead atoms. The Kier molecular flexibility index (Phi) is 5.46. The lowest BCUT2D eigenvalue weighted by molar-refractivity contribution is -0.123. The monoisotopic (exact) mass is 562 g/mol. The van der Waals surface area contributed by atoms with Crippen LogP contribution in [0.2, 0.25) is 20.1 Å². The zero-order valence-electron chi connectivity index (χ0n) is 18.2. The Hall–Kier alpha value is -2.84. The first kappa shape index (κ1) is 23.6. The van der Waals surface area contributed by atoms with Gasteiger partial charge in [0.15, 0.2) is 11.5 Å². The molecule has 11 heteroatoms. The van der Waals surface area contributed by atoms with Crippen molar-refractivity contribution < 1.29 is 14.0 Å². The van der Waals surface area contributed by atoms with E-state index in [2.05, 4.69) is 15.6 Å². The highest BCUT2D eigenvalue weighted by Crippen LogP contribution is 2.54. The van der Waals surface area contributed by atoms with Gasteiger partial charge in [0.25, 0.3) is 5.91 Å². The van der Waals surface area contributed by atoms with Gasteiger partial charge in [-0.1, -0.05) is 64.6 Å². The Bertz CT molecular complexity index is 1490. The molecule has 0 radical (unpaired) electrons. The number of hydrogen-bond donors (Lipinski definition) is 2. The van der Waals surface area contributed by atoms with Gasteiger partial charge in [0.1, 0.15) is 5.82 Å². The van der Waals surface area contributed by atoms with Crippen molar-refractivity contribution in [3.05, 3.63) is 91.6 Å². The van der Waals surface area contributed by atoms with Gasteiger partial charge in [-0.2, -0.15) is 0 Å². The van der Waals surface area contributed by atoms with Gasteiger partial charge in [-0.05, 0) is 48.4 Å². The second-order valence-corrected chi connectivity index (χ2v) is 10.5. The maximum atomic E-state index is 14.6. The molecule has 0 saturated carbocycles. The van der Waals surface area contributed by atoms with Crippen molar-refractivity contribution in [1.82, 2.24) is 5.32 Å². The third-order valence-corrected chi connectivity index (χ3v) is 7.64. The van der Waals surface area contributed by atoms with Crippen LogP contribution in [0.1, 0.15) is 11.1 Å². The van der Waals surface area contributed by atoms with E-state index in [4.69, 9.17) is 46.4 Å². The van der Waals surface area contributed by atoms with Crippen LogP contribution >= 0.6 is 46.4 Å². The fraction of sp³-hybridized carbons (Fsp3) is 0.160. The summed E-state index contributed by atoms with van der Waals surface area (Å²) >= 11 is 25.2. The number of carbonyl (C=O) groups is 2. The molecular weight excluding hydrogens is 549 g/mol. The molecule has 1 fully saturated rings. The molecule has 3 aromatic carbocycles. The predicted molar refractivity (Wildman–Crippen MR) is 139 cm³/mol. The molecular formula is C25H15Cl4FN4O2. The molecule has 3 heterocycles. The predicted octanol–water partition coefficient (Wildman–Crippen LogP) is 5.82. The van der Waals surface area contributed by atoms with E-state index in [1.165, 1.54) is 30.3 Å². The Balaban J connectivity index is 1.58. The lowest BCUT2D eigenvalue weighted by Crippen LogP contribution is -2.60. The molecule has 3 aliphatic rings. The summed E-state index contributed by atoms with van der Waals surface area (Å²) in [6, 6.07) is 13.2. The molecule has 3 aromatic rings. The van der Waals surface area contributed by atoms with E-state index in [-0.39, 0.29) is 38.2 Å². The zero-order valence-corrected chi connectivity index (χ0v) is 21.2. The van der Waals surface area contributed by atoms with Crippen LogP contribution in [0, 0.1) is 11.7 Å². The quantitative estimate of drug-likeness (QED) is 0.394. The Morgan fingerprint density at radius 3 is 2.39 bits per heavy atom. The Labute approximate surface area is 225 Å². The van der Waals surface area contributed by atoms with Gasteiger partial charge in [0.05, 0.1) is 22.3 Å². The first-order valence-corrected chi connectivity index (χ1v) is 12.4. The van der Waals surface area contributed by atoms with Gasteiger partial charge in [-0.25, -0.2) is 14.3 Å². The highest BCUT2D eigenvalue weighted by atomic mass is 35.5. The van der Waals surface area contributed by atoms with Crippen LogP contribution in [0.15, 0.2) is 59.6 Å². The van der Waals surface area contributed by atoms with Crippen molar-refractivity contribution in [3.63, 3.8) is 0 Å². The van der Waals surface area contributed by atoms with Gasteiger partial charge in [-0.3, -0.25) is 9.59 Å². The molecule has 36 heavy (non-hydrogen) atoms. The molecule has 3 atom stereocenters. The van der Waals surface area contributed by atoms with Crippen LogP contribution in [0.5, 0.6) is 0 Å². The summed E-state index contributed by atoms with van der Waals surface area (Å²) in [4.78, 5) is 34.0. The number of carbonyl (C=O) groups excluding carboxylic acids is 2. The van der Waals surface area contributed by atoms with Gasteiger partial charge in [0.2, 0.25) is 5.91 Å². The molecule has 0 aliphatic carbocycles. The van der Waals surface area contributed by atoms with Crippen LogP contribution < -0.4 is 15.5 Å². The number of rotatable bonds is 3. The molecule has 2 N–H and O–H groups in total. The first-order chi connectivity index (χ1) is 17.2. The Morgan fingerprint density at radius 2 is 1.67 bits per heavy atom. The summed E-state index contributed by atoms with van der Waals surface area (Å²) in [6.45, 7) is 0. The third-order valence-electron chi connectivity index (χ3n) is 6.69. The van der Waals surface area contributed by atoms with E-state index in [0.717, 1.165) is 4.90 Å². The number of benzene rings is 3.